The Morgan fingerprint density at radius 3 is 2.69 bits per heavy atom. The third-order valence-electron chi connectivity index (χ3n) is 2.03. The summed E-state index contributed by atoms with van der Waals surface area (Å²) >= 11 is 3.48. The Hall–Kier alpha value is -0.380. The molecule has 0 aliphatic carbocycles. The first-order chi connectivity index (χ1) is 6.27. The van der Waals surface area contributed by atoms with Gasteiger partial charge in [0.15, 0.2) is 6.29 Å². The summed E-state index contributed by atoms with van der Waals surface area (Å²) in [5.41, 5.74) is 2.30. The number of aryl methyl sites for hydroxylation is 1. The van der Waals surface area contributed by atoms with Crippen LogP contribution in [0.3, 0.4) is 0 Å². The van der Waals surface area contributed by atoms with Gasteiger partial charge in [-0.25, -0.2) is 0 Å². The van der Waals surface area contributed by atoms with Gasteiger partial charge in [0, 0.05) is 10.0 Å². The molecule has 0 spiro atoms. The Morgan fingerprint density at radius 2 is 2.00 bits per heavy atom. The quantitative estimate of drug-likeness (QED) is 0.755. The third kappa shape index (κ3) is 1.93. The molecule has 13 heavy (non-hydrogen) atoms. The van der Waals surface area contributed by atoms with Crippen LogP contribution in [0.5, 0.6) is 0 Å². The summed E-state index contributed by atoms with van der Waals surface area (Å²) in [5, 5.41) is 0. The van der Waals surface area contributed by atoms with Gasteiger partial charge in [0.25, 0.3) is 0 Å². The van der Waals surface area contributed by atoms with Gasteiger partial charge in [-0.05, 0) is 19.1 Å². The highest BCUT2D eigenvalue weighted by Crippen LogP contribution is 2.30. The minimum Gasteiger partial charge on any atom is -0.346 e. The Labute approximate surface area is 86.0 Å². The number of hydrogen-bond acceptors (Lipinski definition) is 2. The van der Waals surface area contributed by atoms with Gasteiger partial charge in [0.2, 0.25) is 0 Å². The second kappa shape index (κ2) is 3.78. The molecule has 0 N–H and O–H groups in total. The van der Waals surface area contributed by atoms with Crippen LogP contribution in [0.25, 0.3) is 0 Å². The molecule has 1 heterocycles. The summed E-state index contributed by atoms with van der Waals surface area (Å²) in [6.45, 7) is 3.43. The van der Waals surface area contributed by atoms with Gasteiger partial charge in [-0.15, -0.1) is 0 Å². The van der Waals surface area contributed by atoms with Crippen molar-refractivity contribution in [3.63, 3.8) is 0 Å². The maximum Gasteiger partial charge on any atom is 0.185 e. The molecule has 0 atom stereocenters. The van der Waals surface area contributed by atoms with E-state index in [1.165, 1.54) is 5.56 Å². The number of rotatable bonds is 1. The predicted octanol–water partition coefficient (Wildman–Crippen LogP) is 2.80. The standard InChI is InChI=1S/C10H11BrO2/c1-7-2-3-9(11)8(6-7)10-12-4-5-13-10/h2-3,6,10H,4-5H2,1H3. The van der Waals surface area contributed by atoms with E-state index in [0.717, 1.165) is 10.0 Å². The molecule has 1 aliphatic heterocycles. The summed E-state index contributed by atoms with van der Waals surface area (Å²) < 4.78 is 11.9. The van der Waals surface area contributed by atoms with Crippen LogP contribution in [-0.4, -0.2) is 13.2 Å². The summed E-state index contributed by atoms with van der Waals surface area (Å²) in [6, 6.07) is 6.16. The van der Waals surface area contributed by atoms with Crippen molar-refractivity contribution in [3.8, 4) is 0 Å². The van der Waals surface area contributed by atoms with Crippen molar-refractivity contribution in [1.82, 2.24) is 0 Å². The minimum absolute atomic E-state index is 0.186. The molecule has 1 fully saturated rings. The smallest absolute Gasteiger partial charge is 0.185 e. The van der Waals surface area contributed by atoms with Crippen molar-refractivity contribution < 1.29 is 9.47 Å². The largest absolute Gasteiger partial charge is 0.346 e. The number of halogens is 1. The molecule has 1 saturated heterocycles. The van der Waals surface area contributed by atoms with E-state index in [4.69, 9.17) is 9.47 Å². The van der Waals surface area contributed by atoms with E-state index in [1.54, 1.807) is 0 Å². The van der Waals surface area contributed by atoms with Crippen molar-refractivity contribution in [1.29, 1.82) is 0 Å². The average molecular weight is 243 g/mol. The summed E-state index contributed by atoms with van der Waals surface area (Å²) in [4.78, 5) is 0. The predicted molar refractivity (Wildman–Crippen MR) is 53.5 cm³/mol. The SMILES string of the molecule is Cc1ccc(Br)c(C2OCCO2)c1. The van der Waals surface area contributed by atoms with Crippen molar-refractivity contribution in [2.75, 3.05) is 13.2 Å². The molecule has 0 aromatic heterocycles. The number of hydrogen-bond donors (Lipinski definition) is 0. The topological polar surface area (TPSA) is 18.5 Å². The fourth-order valence-electron chi connectivity index (χ4n) is 1.38. The van der Waals surface area contributed by atoms with Gasteiger partial charge < -0.3 is 9.47 Å². The molecule has 0 amide bonds. The van der Waals surface area contributed by atoms with Gasteiger partial charge in [0.05, 0.1) is 13.2 Å². The molecule has 0 unspecified atom stereocenters. The Morgan fingerprint density at radius 1 is 1.31 bits per heavy atom. The molecule has 1 aliphatic rings. The lowest BCUT2D eigenvalue weighted by atomic mass is 10.1. The number of benzene rings is 1. The van der Waals surface area contributed by atoms with E-state index in [-0.39, 0.29) is 6.29 Å². The van der Waals surface area contributed by atoms with E-state index in [0.29, 0.717) is 13.2 Å². The Bertz CT molecular complexity index is 306. The maximum atomic E-state index is 5.42. The third-order valence-corrected chi connectivity index (χ3v) is 2.75. The zero-order chi connectivity index (χ0) is 9.26. The van der Waals surface area contributed by atoms with Crippen LogP contribution in [0.4, 0.5) is 0 Å². The Kier molecular flexibility index (Phi) is 2.67. The molecule has 0 radical (unpaired) electrons. The van der Waals surface area contributed by atoms with Crippen LogP contribution >= 0.6 is 15.9 Å². The monoisotopic (exact) mass is 242 g/mol. The molecule has 1 aromatic carbocycles. The van der Waals surface area contributed by atoms with Crippen molar-refractivity contribution in [3.05, 3.63) is 33.8 Å². The molecule has 70 valence electrons. The molecule has 2 nitrogen and oxygen atoms in total. The molecule has 0 bridgehead atoms. The van der Waals surface area contributed by atoms with Crippen LogP contribution in [-0.2, 0) is 9.47 Å². The summed E-state index contributed by atoms with van der Waals surface area (Å²) in [6.07, 6.45) is -0.186. The number of ether oxygens (including phenoxy) is 2. The van der Waals surface area contributed by atoms with Crippen LogP contribution in [0, 0.1) is 6.92 Å². The van der Waals surface area contributed by atoms with E-state index < -0.39 is 0 Å². The summed E-state index contributed by atoms with van der Waals surface area (Å²) in [5.74, 6) is 0. The lowest BCUT2D eigenvalue weighted by Gasteiger charge is -2.11. The molecular formula is C10H11BrO2. The van der Waals surface area contributed by atoms with E-state index >= 15 is 0 Å². The van der Waals surface area contributed by atoms with Crippen LogP contribution in [0.1, 0.15) is 17.4 Å². The van der Waals surface area contributed by atoms with Gasteiger partial charge in [-0.1, -0.05) is 27.6 Å². The van der Waals surface area contributed by atoms with Gasteiger partial charge >= 0.3 is 0 Å². The fourth-order valence-corrected chi connectivity index (χ4v) is 1.82. The fraction of sp³-hybridized carbons (Fsp3) is 0.400. The van der Waals surface area contributed by atoms with Crippen molar-refractivity contribution in [2.24, 2.45) is 0 Å². The maximum absolute atomic E-state index is 5.42. The molecule has 2 rings (SSSR count). The first-order valence-corrected chi connectivity index (χ1v) is 5.06. The molecule has 3 heteroatoms. The minimum atomic E-state index is -0.186. The van der Waals surface area contributed by atoms with E-state index in [2.05, 4.69) is 35.0 Å². The van der Waals surface area contributed by atoms with Crippen LogP contribution < -0.4 is 0 Å². The summed E-state index contributed by atoms with van der Waals surface area (Å²) in [7, 11) is 0. The zero-order valence-corrected chi connectivity index (χ0v) is 9.00. The highest BCUT2D eigenvalue weighted by molar-refractivity contribution is 9.10. The second-order valence-corrected chi connectivity index (χ2v) is 3.95. The van der Waals surface area contributed by atoms with E-state index in [1.807, 2.05) is 6.07 Å². The first kappa shape index (κ1) is 9.19. The molecular weight excluding hydrogens is 232 g/mol. The van der Waals surface area contributed by atoms with Crippen molar-refractivity contribution in [2.45, 2.75) is 13.2 Å². The van der Waals surface area contributed by atoms with E-state index in [9.17, 15) is 0 Å². The highest BCUT2D eigenvalue weighted by Gasteiger charge is 2.20. The first-order valence-electron chi connectivity index (χ1n) is 4.26. The van der Waals surface area contributed by atoms with Gasteiger partial charge in [-0.2, -0.15) is 0 Å². The van der Waals surface area contributed by atoms with Gasteiger partial charge in [-0.3, -0.25) is 0 Å². The van der Waals surface area contributed by atoms with Crippen LogP contribution in [0.15, 0.2) is 22.7 Å². The second-order valence-electron chi connectivity index (χ2n) is 3.10. The normalized spacial score (nSPS) is 18.0. The lowest BCUT2D eigenvalue weighted by molar-refractivity contribution is -0.0446. The zero-order valence-electron chi connectivity index (χ0n) is 7.42. The molecule has 1 aromatic rings. The molecule has 0 saturated carbocycles. The average Bonchev–Trinajstić information content (AvgIpc) is 2.61. The van der Waals surface area contributed by atoms with Gasteiger partial charge in [0.1, 0.15) is 0 Å². The van der Waals surface area contributed by atoms with Crippen molar-refractivity contribution >= 4 is 15.9 Å². The highest BCUT2D eigenvalue weighted by atomic mass is 79.9. The van der Waals surface area contributed by atoms with Crippen LogP contribution in [0.2, 0.25) is 0 Å². The lowest BCUT2D eigenvalue weighted by Crippen LogP contribution is -1.99. The Balaban J connectivity index is 2.32.